The number of ether oxygens (including phenoxy) is 6. The Morgan fingerprint density at radius 1 is 0.966 bits per heavy atom. The van der Waals surface area contributed by atoms with Gasteiger partial charge in [-0.15, -0.1) is 0 Å². The zero-order chi connectivity index (χ0) is 20.8. The van der Waals surface area contributed by atoms with Gasteiger partial charge in [-0.2, -0.15) is 0 Å². The second kappa shape index (κ2) is 7.52. The number of carbonyl (C=O) groups is 1. The van der Waals surface area contributed by atoms with Crippen molar-refractivity contribution in [2.75, 3.05) is 13.7 Å². The first-order valence-electron chi connectivity index (χ1n) is 9.95. The molecule has 0 saturated carbocycles. The van der Waals surface area contributed by atoms with Gasteiger partial charge in [0, 0.05) is 6.54 Å². The number of amides is 1. The molecule has 0 radical (unpaired) electrons. The Bertz CT molecular complexity index is 748. The highest BCUT2D eigenvalue weighted by molar-refractivity contribution is 5.81. The van der Waals surface area contributed by atoms with Crippen LogP contribution in [0.15, 0.2) is 24.3 Å². The Morgan fingerprint density at radius 2 is 1.59 bits per heavy atom. The van der Waals surface area contributed by atoms with Gasteiger partial charge in [-0.3, -0.25) is 4.79 Å². The van der Waals surface area contributed by atoms with Crippen molar-refractivity contribution in [2.45, 2.75) is 76.4 Å². The van der Waals surface area contributed by atoms with Crippen LogP contribution in [0.4, 0.5) is 0 Å². The fourth-order valence-corrected chi connectivity index (χ4v) is 4.05. The number of benzene rings is 1. The molecule has 5 atom stereocenters. The third-order valence-electron chi connectivity index (χ3n) is 5.29. The average molecular weight is 407 g/mol. The van der Waals surface area contributed by atoms with E-state index in [9.17, 15) is 4.79 Å². The fraction of sp³-hybridized carbons (Fsp3) is 0.667. The Hall–Kier alpha value is -1.71. The maximum absolute atomic E-state index is 12.9. The van der Waals surface area contributed by atoms with Gasteiger partial charge in [-0.25, -0.2) is 0 Å². The number of hydrogen-bond acceptors (Lipinski definition) is 7. The molecule has 160 valence electrons. The average Bonchev–Trinajstić information content (AvgIpc) is 3.15. The number of rotatable bonds is 5. The van der Waals surface area contributed by atoms with Crippen LogP contribution in [0.1, 0.15) is 33.3 Å². The number of hydrogen-bond donors (Lipinski definition) is 1. The van der Waals surface area contributed by atoms with Crippen LogP contribution in [-0.4, -0.2) is 61.8 Å². The predicted molar refractivity (Wildman–Crippen MR) is 102 cm³/mol. The van der Waals surface area contributed by atoms with E-state index in [2.05, 4.69) is 5.32 Å². The minimum absolute atomic E-state index is 0.249. The van der Waals surface area contributed by atoms with Gasteiger partial charge in [-0.05, 0) is 51.8 Å². The summed E-state index contributed by atoms with van der Waals surface area (Å²) in [5.41, 5.74) is 1.10. The molecule has 0 bridgehead atoms. The van der Waals surface area contributed by atoms with Crippen LogP contribution < -0.4 is 10.1 Å². The molecule has 1 aromatic carbocycles. The van der Waals surface area contributed by atoms with Gasteiger partial charge in [0.15, 0.2) is 24.0 Å². The Kier molecular flexibility index (Phi) is 5.33. The smallest absolute Gasteiger partial charge is 0.252 e. The van der Waals surface area contributed by atoms with E-state index in [1.54, 1.807) is 7.11 Å². The molecule has 3 heterocycles. The lowest BCUT2D eigenvalue weighted by atomic mass is 9.98. The van der Waals surface area contributed by atoms with E-state index in [0.717, 1.165) is 11.3 Å². The van der Waals surface area contributed by atoms with Crippen molar-refractivity contribution < 1.29 is 33.2 Å². The molecule has 1 amide bonds. The van der Waals surface area contributed by atoms with Crippen molar-refractivity contribution in [1.29, 1.82) is 0 Å². The van der Waals surface area contributed by atoms with Crippen LogP contribution in [0, 0.1) is 0 Å². The Morgan fingerprint density at radius 3 is 2.28 bits per heavy atom. The molecule has 4 rings (SSSR count). The number of fused-ring (bicyclic) bond motifs is 3. The van der Waals surface area contributed by atoms with Crippen LogP contribution in [-0.2, 0) is 34.9 Å². The van der Waals surface area contributed by atoms with E-state index in [-0.39, 0.29) is 5.91 Å². The van der Waals surface area contributed by atoms with Crippen molar-refractivity contribution in [3.05, 3.63) is 29.8 Å². The second-order valence-corrected chi connectivity index (χ2v) is 8.48. The Labute approximate surface area is 170 Å². The maximum Gasteiger partial charge on any atom is 0.252 e. The lowest BCUT2D eigenvalue weighted by Gasteiger charge is -2.36. The summed E-state index contributed by atoms with van der Waals surface area (Å²) in [7, 11) is 1.63. The second-order valence-electron chi connectivity index (χ2n) is 8.48. The highest BCUT2D eigenvalue weighted by Gasteiger charge is 2.62. The summed E-state index contributed by atoms with van der Waals surface area (Å²) in [5.74, 6) is -1.08. The summed E-state index contributed by atoms with van der Waals surface area (Å²) in [5, 5.41) is 2.94. The highest BCUT2D eigenvalue weighted by atomic mass is 16.9. The predicted octanol–water partition coefficient (Wildman–Crippen LogP) is 1.75. The molecule has 3 saturated heterocycles. The van der Waals surface area contributed by atoms with Gasteiger partial charge < -0.3 is 33.7 Å². The maximum atomic E-state index is 12.9. The fourth-order valence-electron chi connectivity index (χ4n) is 4.05. The lowest BCUT2D eigenvalue weighted by Crippen LogP contribution is -2.59. The molecule has 29 heavy (non-hydrogen) atoms. The van der Waals surface area contributed by atoms with E-state index in [1.807, 2.05) is 52.0 Å². The molecule has 8 heteroatoms. The Balaban J connectivity index is 1.40. The summed E-state index contributed by atoms with van der Waals surface area (Å²) >= 11 is 0. The van der Waals surface area contributed by atoms with Crippen LogP contribution in [0.5, 0.6) is 5.75 Å². The SMILES string of the molecule is COc1ccc(CCNC(=O)[C@@H]2O[C@@H]3OC(C)(C)O[C@@H]3[C@H]3OC(C)(C)O[C@@H]32)cc1. The normalized spacial score (nSPS) is 34.3. The zero-order valence-electron chi connectivity index (χ0n) is 17.5. The third-order valence-corrected chi connectivity index (χ3v) is 5.29. The minimum atomic E-state index is -0.837. The van der Waals surface area contributed by atoms with Gasteiger partial charge in [0.05, 0.1) is 7.11 Å². The van der Waals surface area contributed by atoms with Gasteiger partial charge in [-0.1, -0.05) is 12.1 Å². The monoisotopic (exact) mass is 407 g/mol. The van der Waals surface area contributed by atoms with Gasteiger partial charge in [0.25, 0.3) is 5.91 Å². The molecule has 3 fully saturated rings. The van der Waals surface area contributed by atoms with E-state index < -0.39 is 42.3 Å². The van der Waals surface area contributed by atoms with Crippen LogP contribution in [0.3, 0.4) is 0 Å². The number of carbonyl (C=O) groups excluding carboxylic acids is 1. The topological polar surface area (TPSA) is 84.5 Å². The largest absolute Gasteiger partial charge is 0.497 e. The summed E-state index contributed by atoms with van der Waals surface area (Å²) in [6, 6.07) is 7.75. The molecular weight excluding hydrogens is 378 g/mol. The van der Waals surface area contributed by atoms with Crippen molar-refractivity contribution in [3.8, 4) is 5.75 Å². The van der Waals surface area contributed by atoms with Gasteiger partial charge in [0.1, 0.15) is 24.1 Å². The van der Waals surface area contributed by atoms with E-state index in [1.165, 1.54) is 0 Å². The molecule has 0 aromatic heterocycles. The lowest BCUT2D eigenvalue weighted by molar-refractivity contribution is -0.231. The molecule has 0 aliphatic carbocycles. The molecular formula is C21H29NO7. The van der Waals surface area contributed by atoms with Crippen LogP contribution in [0.25, 0.3) is 0 Å². The number of methoxy groups -OCH3 is 1. The first-order chi connectivity index (χ1) is 13.7. The van der Waals surface area contributed by atoms with Crippen molar-refractivity contribution in [1.82, 2.24) is 5.32 Å². The molecule has 8 nitrogen and oxygen atoms in total. The van der Waals surface area contributed by atoms with E-state index in [4.69, 9.17) is 28.4 Å². The molecule has 0 spiro atoms. The molecule has 1 N–H and O–H groups in total. The van der Waals surface area contributed by atoms with Crippen LogP contribution >= 0.6 is 0 Å². The van der Waals surface area contributed by atoms with Crippen molar-refractivity contribution in [2.24, 2.45) is 0 Å². The summed E-state index contributed by atoms with van der Waals surface area (Å²) in [6.07, 6.45) is -2.27. The van der Waals surface area contributed by atoms with Crippen molar-refractivity contribution in [3.63, 3.8) is 0 Å². The first kappa shape index (κ1) is 20.6. The van der Waals surface area contributed by atoms with Crippen molar-refractivity contribution >= 4 is 5.91 Å². The summed E-state index contributed by atoms with van der Waals surface area (Å²) < 4.78 is 34.9. The highest BCUT2D eigenvalue weighted by Crippen LogP contribution is 2.44. The molecule has 3 aliphatic rings. The minimum Gasteiger partial charge on any atom is -0.497 e. The standard InChI is InChI=1S/C21H29NO7/c1-20(2)26-14-15(27-20)17-19(29-21(3,4)28-17)25-16(14)18(23)22-11-10-12-6-8-13(24-5)9-7-12/h6-9,14-17,19H,10-11H2,1-5H3,(H,22,23)/t14-,15-,16+,17+,19+/m0/s1. The van der Waals surface area contributed by atoms with E-state index >= 15 is 0 Å². The third kappa shape index (κ3) is 4.27. The quantitative estimate of drug-likeness (QED) is 0.796. The van der Waals surface area contributed by atoms with Crippen LogP contribution in [0.2, 0.25) is 0 Å². The molecule has 1 aromatic rings. The van der Waals surface area contributed by atoms with Gasteiger partial charge >= 0.3 is 0 Å². The molecule has 0 unspecified atom stereocenters. The summed E-state index contributed by atoms with van der Waals surface area (Å²) in [6.45, 7) is 7.74. The number of nitrogens with one attached hydrogen (secondary N) is 1. The summed E-state index contributed by atoms with van der Waals surface area (Å²) in [4.78, 5) is 12.9. The zero-order valence-corrected chi connectivity index (χ0v) is 17.5. The van der Waals surface area contributed by atoms with E-state index in [0.29, 0.717) is 13.0 Å². The first-order valence-corrected chi connectivity index (χ1v) is 9.95. The van der Waals surface area contributed by atoms with Gasteiger partial charge in [0.2, 0.25) is 0 Å². The molecule has 3 aliphatic heterocycles.